The average molecular weight is 192 g/mol. The van der Waals surface area contributed by atoms with Gasteiger partial charge < -0.3 is 4.57 Å². The second kappa shape index (κ2) is 3.76. The molecule has 0 N–H and O–H groups in total. The molecule has 1 aromatic heterocycles. The summed E-state index contributed by atoms with van der Waals surface area (Å²) >= 11 is 0. The molecule has 0 bridgehead atoms. The predicted molar refractivity (Wildman–Crippen MR) is 58.2 cm³/mol. The van der Waals surface area contributed by atoms with Crippen molar-refractivity contribution in [1.29, 1.82) is 0 Å². The smallest absolute Gasteiger partial charge is 0.109 e. The molecule has 0 radical (unpaired) electrons. The minimum absolute atomic E-state index is 0.822. The van der Waals surface area contributed by atoms with Crippen LogP contribution in [-0.4, -0.2) is 9.55 Å². The Balaban J connectivity index is 2.06. The summed E-state index contributed by atoms with van der Waals surface area (Å²) in [5.74, 6) is 2.99. The molecule has 2 nitrogen and oxygen atoms in total. The molecule has 1 aliphatic heterocycles. The van der Waals surface area contributed by atoms with Crippen LogP contribution in [0.5, 0.6) is 0 Å². The summed E-state index contributed by atoms with van der Waals surface area (Å²) in [6.07, 6.45) is 5.88. The van der Waals surface area contributed by atoms with Crippen LogP contribution in [0.1, 0.15) is 38.2 Å². The number of hydrogen-bond donors (Lipinski definition) is 0. The van der Waals surface area contributed by atoms with Crippen molar-refractivity contribution in [2.45, 2.75) is 46.6 Å². The number of aryl methyl sites for hydroxylation is 1. The van der Waals surface area contributed by atoms with Crippen molar-refractivity contribution < 1.29 is 0 Å². The molecule has 0 aromatic carbocycles. The largest absolute Gasteiger partial charge is 0.332 e. The van der Waals surface area contributed by atoms with Gasteiger partial charge in [0.2, 0.25) is 0 Å². The summed E-state index contributed by atoms with van der Waals surface area (Å²) in [6.45, 7) is 7.95. The summed E-state index contributed by atoms with van der Waals surface area (Å²) in [5.41, 5.74) is 1.32. The van der Waals surface area contributed by atoms with Crippen LogP contribution < -0.4 is 0 Å². The van der Waals surface area contributed by atoms with Gasteiger partial charge in [-0.1, -0.05) is 13.8 Å². The Morgan fingerprint density at radius 3 is 3.07 bits per heavy atom. The molecule has 0 saturated heterocycles. The van der Waals surface area contributed by atoms with Gasteiger partial charge in [0.25, 0.3) is 0 Å². The molecular formula is C12H20N2. The summed E-state index contributed by atoms with van der Waals surface area (Å²) in [6, 6.07) is 0. The van der Waals surface area contributed by atoms with E-state index in [1.54, 1.807) is 0 Å². The highest BCUT2D eigenvalue weighted by atomic mass is 15.1. The fourth-order valence-corrected chi connectivity index (χ4v) is 2.52. The van der Waals surface area contributed by atoms with Crippen molar-refractivity contribution >= 4 is 0 Å². The molecule has 0 aliphatic carbocycles. The molecule has 0 amide bonds. The molecule has 0 unspecified atom stereocenters. The van der Waals surface area contributed by atoms with Crippen molar-refractivity contribution in [3.05, 3.63) is 17.7 Å². The zero-order valence-electron chi connectivity index (χ0n) is 9.45. The van der Waals surface area contributed by atoms with Crippen LogP contribution in [-0.2, 0) is 13.0 Å². The summed E-state index contributed by atoms with van der Waals surface area (Å²) in [5, 5.41) is 0. The topological polar surface area (TPSA) is 17.8 Å². The van der Waals surface area contributed by atoms with Gasteiger partial charge in [-0.05, 0) is 31.6 Å². The molecule has 1 aliphatic rings. The number of hydrogen-bond acceptors (Lipinski definition) is 1. The molecular weight excluding hydrogens is 172 g/mol. The lowest BCUT2D eigenvalue weighted by molar-refractivity contribution is 0.322. The van der Waals surface area contributed by atoms with Gasteiger partial charge >= 0.3 is 0 Å². The van der Waals surface area contributed by atoms with Crippen LogP contribution in [0, 0.1) is 18.8 Å². The Labute approximate surface area is 86.3 Å². The minimum Gasteiger partial charge on any atom is -0.332 e. The van der Waals surface area contributed by atoms with Gasteiger partial charge in [-0.3, -0.25) is 0 Å². The summed E-state index contributed by atoms with van der Waals surface area (Å²) in [4.78, 5) is 4.48. The number of rotatable bonds is 2. The molecule has 78 valence electrons. The first-order valence-corrected chi connectivity index (χ1v) is 5.68. The zero-order chi connectivity index (χ0) is 10.1. The van der Waals surface area contributed by atoms with E-state index in [1.807, 2.05) is 6.20 Å². The summed E-state index contributed by atoms with van der Waals surface area (Å²) in [7, 11) is 0. The van der Waals surface area contributed by atoms with Crippen LogP contribution in [0.2, 0.25) is 0 Å². The molecule has 2 heterocycles. The van der Waals surface area contributed by atoms with Crippen LogP contribution in [0.3, 0.4) is 0 Å². The molecule has 2 rings (SSSR count). The van der Waals surface area contributed by atoms with Crippen LogP contribution in [0.4, 0.5) is 0 Å². The van der Waals surface area contributed by atoms with E-state index in [4.69, 9.17) is 0 Å². The second-order valence-corrected chi connectivity index (χ2v) is 4.96. The third kappa shape index (κ3) is 1.84. The van der Waals surface area contributed by atoms with E-state index >= 15 is 0 Å². The van der Waals surface area contributed by atoms with Crippen molar-refractivity contribution in [2.24, 2.45) is 11.8 Å². The lowest BCUT2D eigenvalue weighted by Gasteiger charge is -2.25. The first-order chi connectivity index (χ1) is 6.66. The van der Waals surface area contributed by atoms with Gasteiger partial charge in [-0.15, -0.1) is 0 Å². The Bertz CT molecular complexity index is 312. The maximum Gasteiger partial charge on any atom is 0.109 e. The fourth-order valence-electron chi connectivity index (χ4n) is 2.52. The van der Waals surface area contributed by atoms with E-state index < -0.39 is 0 Å². The van der Waals surface area contributed by atoms with E-state index in [0.717, 1.165) is 11.8 Å². The third-order valence-corrected chi connectivity index (χ3v) is 3.17. The Morgan fingerprint density at radius 2 is 2.36 bits per heavy atom. The number of imidazole rings is 1. The molecule has 0 spiro atoms. The van der Waals surface area contributed by atoms with Gasteiger partial charge in [0, 0.05) is 24.9 Å². The van der Waals surface area contributed by atoms with Crippen molar-refractivity contribution in [1.82, 2.24) is 9.55 Å². The molecule has 1 aromatic rings. The van der Waals surface area contributed by atoms with E-state index in [2.05, 4.69) is 30.3 Å². The normalized spacial score (nSPS) is 21.3. The zero-order valence-corrected chi connectivity index (χ0v) is 9.45. The van der Waals surface area contributed by atoms with Crippen LogP contribution in [0.15, 0.2) is 6.20 Å². The predicted octanol–water partition coefficient (Wildman–Crippen LogP) is 2.80. The number of nitrogens with zero attached hydrogens (tertiary/aromatic N) is 2. The molecule has 1 atom stereocenters. The van der Waals surface area contributed by atoms with E-state index in [-0.39, 0.29) is 0 Å². The first kappa shape index (κ1) is 9.75. The average Bonchev–Trinajstić information content (AvgIpc) is 2.46. The van der Waals surface area contributed by atoms with Gasteiger partial charge in [0.1, 0.15) is 5.82 Å². The van der Waals surface area contributed by atoms with Crippen molar-refractivity contribution in [3.63, 3.8) is 0 Å². The SMILES string of the molecule is Cc1cnc2n1CC[C@H](CC(C)C)C2. The Morgan fingerprint density at radius 1 is 1.57 bits per heavy atom. The molecule has 0 saturated carbocycles. The van der Waals surface area contributed by atoms with Gasteiger partial charge in [-0.2, -0.15) is 0 Å². The lowest BCUT2D eigenvalue weighted by atomic mass is 9.89. The molecule has 2 heteroatoms. The van der Waals surface area contributed by atoms with Gasteiger partial charge in [0.05, 0.1) is 0 Å². The van der Waals surface area contributed by atoms with Crippen molar-refractivity contribution in [3.8, 4) is 0 Å². The number of fused-ring (bicyclic) bond motifs is 1. The van der Waals surface area contributed by atoms with Crippen LogP contribution in [0.25, 0.3) is 0 Å². The van der Waals surface area contributed by atoms with E-state index in [0.29, 0.717) is 0 Å². The van der Waals surface area contributed by atoms with E-state index in [9.17, 15) is 0 Å². The maximum absolute atomic E-state index is 4.48. The van der Waals surface area contributed by atoms with Crippen molar-refractivity contribution in [2.75, 3.05) is 0 Å². The Kier molecular flexibility index (Phi) is 2.62. The third-order valence-electron chi connectivity index (χ3n) is 3.17. The standard InChI is InChI=1S/C12H20N2/c1-9(2)6-11-4-5-14-10(3)8-13-12(14)7-11/h8-9,11H,4-7H2,1-3H3/t11-/m1/s1. The first-order valence-electron chi connectivity index (χ1n) is 5.68. The molecule has 14 heavy (non-hydrogen) atoms. The minimum atomic E-state index is 0.822. The van der Waals surface area contributed by atoms with E-state index in [1.165, 1.54) is 37.3 Å². The monoisotopic (exact) mass is 192 g/mol. The highest BCUT2D eigenvalue weighted by Crippen LogP contribution is 2.25. The van der Waals surface area contributed by atoms with Crippen LogP contribution >= 0.6 is 0 Å². The highest BCUT2D eigenvalue weighted by Gasteiger charge is 2.20. The second-order valence-electron chi connectivity index (χ2n) is 4.96. The lowest BCUT2D eigenvalue weighted by Crippen LogP contribution is -2.21. The van der Waals surface area contributed by atoms with Gasteiger partial charge in [0.15, 0.2) is 0 Å². The maximum atomic E-state index is 4.48. The quantitative estimate of drug-likeness (QED) is 0.704. The fraction of sp³-hybridized carbons (Fsp3) is 0.750. The Hall–Kier alpha value is -0.790. The highest BCUT2D eigenvalue weighted by molar-refractivity contribution is 5.06. The van der Waals surface area contributed by atoms with Gasteiger partial charge in [-0.25, -0.2) is 4.98 Å². The summed E-state index contributed by atoms with van der Waals surface area (Å²) < 4.78 is 2.37. The molecule has 0 fully saturated rings. The number of aromatic nitrogens is 2.